The Bertz CT molecular complexity index is 1060. The highest BCUT2D eigenvalue weighted by Crippen LogP contribution is 2.34. The highest BCUT2D eigenvalue weighted by molar-refractivity contribution is 6.03. The third-order valence-electron chi connectivity index (χ3n) is 6.99. The fourth-order valence-corrected chi connectivity index (χ4v) is 5.00. The Labute approximate surface area is 218 Å². The van der Waals surface area contributed by atoms with Crippen LogP contribution in [-0.4, -0.2) is 42.6 Å². The molecule has 3 rings (SSSR count). The van der Waals surface area contributed by atoms with E-state index in [9.17, 15) is 23.9 Å². The number of carboxylic acid groups (broad SMARTS) is 1. The van der Waals surface area contributed by atoms with E-state index in [4.69, 9.17) is 4.74 Å². The van der Waals surface area contributed by atoms with Crippen LogP contribution in [0.4, 0.5) is 10.1 Å². The summed E-state index contributed by atoms with van der Waals surface area (Å²) in [5, 5.41) is 12.8. The van der Waals surface area contributed by atoms with Gasteiger partial charge < -0.3 is 15.2 Å². The van der Waals surface area contributed by atoms with Crippen molar-refractivity contribution in [3.63, 3.8) is 0 Å². The van der Waals surface area contributed by atoms with Crippen LogP contribution >= 0.6 is 0 Å². The van der Waals surface area contributed by atoms with Gasteiger partial charge in [-0.05, 0) is 74.8 Å². The highest BCUT2D eigenvalue weighted by Gasteiger charge is 2.37. The molecule has 1 heterocycles. The number of anilines is 1. The van der Waals surface area contributed by atoms with Crippen molar-refractivity contribution < 1.29 is 28.6 Å². The van der Waals surface area contributed by atoms with Crippen LogP contribution < -0.4 is 15.0 Å². The molecule has 1 saturated heterocycles. The van der Waals surface area contributed by atoms with E-state index in [-0.39, 0.29) is 24.1 Å². The zero-order chi connectivity index (χ0) is 26.8. The summed E-state index contributed by atoms with van der Waals surface area (Å²) in [6.07, 6.45) is 4.41. The van der Waals surface area contributed by atoms with E-state index in [2.05, 4.69) is 5.32 Å². The van der Waals surface area contributed by atoms with Crippen molar-refractivity contribution in [2.24, 2.45) is 11.8 Å². The smallest absolute Gasteiger partial charge is 0.306 e. The summed E-state index contributed by atoms with van der Waals surface area (Å²) in [6.45, 7) is 2.56. The molecule has 1 aliphatic rings. The SMILES string of the molecule is CCC[C@@H](CC[C@H](Cc1ccc(F)cc1)C(=O)O)C(=O)N(c1ccccc1OC)C1CCCCNC1=O. The number of carbonyl (C=O) groups is 3. The molecule has 2 N–H and O–H groups in total. The topological polar surface area (TPSA) is 95.9 Å². The summed E-state index contributed by atoms with van der Waals surface area (Å²) in [6, 6.07) is 12.3. The van der Waals surface area contributed by atoms with E-state index in [0.717, 1.165) is 24.8 Å². The Morgan fingerprint density at radius 1 is 1.08 bits per heavy atom. The molecule has 1 fully saturated rings. The Morgan fingerprint density at radius 3 is 2.46 bits per heavy atom. The van der Waals surface area contributed by atoms with Gasteiger partial charge in [-0.25, -0.2) is 4.39 Å². The summed E-state index contributed by atoms with van der Waals surface area (Å²) < 4.78 is 18.8. The lowest BCUT2D eigenvalue weighted by molar-refractivity contribution is -0.142. The van der Waals surface area contributed by atoms with Gasteiger partial charge in [0.05, 0.1) is 18.7 Å². The molecule has 0 aromatic heterocycles. The maximum Gasteiger partial charge on any atom is 0.306 e. The van der Waals surface area contributed by atoms with E-state index in [1.54, 1.807) is 29.2 Å². The summed E-state index contributed by atoms with van der Waals surface area (Å²) >= 11 is 0. The lowest BCUT2D eigenvalue weighted by atomic mass is 9.88. The number of hydrogen-bond acceptors (Lipinski definition) is 4. The number of rotatable bonds is 12. The van der Waals surface area contributed by atoms with Crippen LogP contribution in [0.2, 0.25) is 0 Å². The van der Waals surface area contributed by atoms with Crippen LogP contribution in [0, 0.1) is 17.7 Å². The summed E-state index contributed by atoms with van der Waals surface area (Å²) in [4.78, 5) is 40.8. The number of para-hydroxylation sites is 2. The van der Waals surface area contributed by atoms with Crippen LogP contribution in [0.5, 0.6) is 5.75 Å². The molecule has 3 atom stereocenters. The normalized spacial score (nSPS) is 17.3. The Kier molecular flexibility index (Phi) is 10.5. The molecule has 2 amide bonds. The van der Waals surface area contributed by atoms with Gasteiger partial charge in [0.25, 0.3) is 0 Å². The molecule has 0 aliphatic carbocycles. The monoisotopic (exact) mass is 512 g/mol. The van der Waals surface area contributed by atoms with E-state index in [1.165, 1.54) is 19.2 Å². The second-order valence-electron chi connectivity index (χ2n) is 9.61. The zero-order valence-electron chi connectivity index (χ0n) is 21.6. The molecule has 37 heavy (non-hydrogen) atoms. The second-order valence-corrected chi connectivity index (χ2v) is 9.61. The first-order valence-corrected chi connectivity index (χ1v) is 13.1. The number of nitrogens with one attached hydrogen (secondary N) is 1. The maximum atomic E-state index is 14.1. The number of aliphatic carboxylic acids is 1. The van der Waals surface area contributed by atoms with Crippen LogP contribution in [0.1, 0.15) is 57.4 Å². The third-order valence-corrected chi connectivity index (χ3v) is 6.99. The van der Waals surface area contributed by atoms with Gasteiger partial charge in [0.2, 0.25) is 11.8 Å². The van der Waals surface area contributed by atoms with Crippen molar-refractivity contribution in [1.82, 2.24) is 5.32 Å². The Balaban J connectivity index is 1.87. The minimum atomic E-state index is -0.947. The van der Waals surface area contributed by atoms with Crippen molar-refractivity contribution >= 4 is 23.5 Å². The molecule has 0 saturated carbocycles. The van der Waals surface area contributed by atoms with E-state index in [0.29, 0.717) is 43.7 Å². The molecule has 1 unspecified atom stereocenters. The van der Waals surface area contributed by atoms with E-state index in [1.807, 2.05) is 19.1 Å². The first-order chi connectivity index (χ1) is 17.8. The van der Waals surface area contributed by atoms with Gasteiger partial charge in [0.1, 0.15) is 17.6 Å². The van der Waals surface area contributed by atoms with Crippen molar-refractivity contribution in [2.45, 2.75) is 64.3 Å². The number of amides is 2. The summed E-state index contributed by atoms with van der Waals surface area (Å²) in [5.41, 5.74) is 1.28. The fourth-order valence-electron chi connectivity index (χ4n) is 5.00. The Hall–Kier alpha value is -3.42. The highest BCUT2D eigenvalue weighted by atomic mass is 19.1. The predicted molar refractivity (Wildman–Crippen MR) is 140 cm³/mol. The molecule has 0 bridgehead atoms. The van der Waals surface area contributed by atoms with Crippen LogP contribution in [0.15, 0.2) is 48.5 Å². The minimum Gasteiger partial charge on any atom is -0.495 e. The summed E-state index contributed by atoms with van der Waals surface area (Å²) in [5.74, 6) is -2.37. The first-order valence-electron chi connectivity index (χ1n) is 13.1. The average Bonchev–Trinajstić information content (AvgIpc) is 3.11. The lowest BCUT2D eigenvalue weighted by Gasteiger charge is -2.34. The van der Waals surface area contributed by atoms with Crippen LogP contribution in [-0.2, 0) is 20.8 Å². The first kappa shape index (κ1) is 28.2. The molecular formula is C29H37FN2O5. The number of carbonyl (C=O) groups excluding carboxylic acids is 2. The van der Waals surface area contributed by atoms with Gasteiger partial charge in [-0.1, -0.05) is 37.6 Å². The van der Waals surface area contributed by atoms with Gasteiger partial charge in [-0.3, -0.25) is 19.3 Å². The van der Waals surface area contributed by atoms with Crippen molar-refractivity contribution in [2.75, 3.05) is 18.6 Å². The minimum absolute atomic E-state index is 0.188. The molecule has 0 spiro atoms. The summed E-state index contributed by atoms with van der Waals surface area (Å²) in [7, 11) is 1.53. The lowest BCUT2D eigenvalue weighted by Crippen LogP contribution is -2.51. The number of halogens is 1. The maximum absolute atomic E-state index is 14.1. The number of benzene rings is 2. The van der Waals surface area contributed by atoms with E-state index < -0.39 is 23.8 Å². The largest absolute Gasteiger partial charge is 0.495 e. The van der Waals surface area contributed by atoms with Gasteiger partial charge in [0, 0.05) is 12.5 Å². The molecule has 0 radical (unpaired) electrons. The molecule has 2 aromatic rings. The fraction of sp³-hybridized carbons (Fsp3) is 0.483. The molecule has 200 valence electrons. The van der Waals surface area contributed by atoms with Crippen molar-refractivity contribution in [3.05, 3.63) is 59.9 Å². The molecular weight excluding hydrogens is 475 g/mol. The number of carboxylic acids is 1. The number of ether oxygens (including phenoxy) is 1. The van der Waals surface area contributed by atoms with Gasteiger partial charge in [-0.2, -0.15) is 0 Å². The molecule has 8 heteroatoms. The molecule has 2 aromatic carbocycles. The zero-order valence-corrected chi connectivity index (χ0v) is 21.6. The third kappa shape index (κ3) is 7.54. The van der Waals surface area contributed by atoms with E-state index >= 15 is 0 Å². The average molecular weight is 513 g/mol. The quantitative estimate of drug-likeness (QED) is 0.418. The van der Waals surface area contributed by atoms with Crippen molar-refractivity contribution in [3.8, 4) is 5.75 Å². The van der Waals surface area contributed by atoms with Crippen molar-refractivity contribution in [1.29, 1.82) is 0 Å². The number of methoxy groups -OCH3 is 1. The molecule has 7 nitrogen and oxygen atoms in total. The number of hydrogen-bond donors (Lipinski definition) is 2. The Morgan fingerprint density at radius 2 is 1.78 bits per heavy atom. The van der Waals surface area contributed by atoms with Crippen LogP contribution in [0.3, 0.4) is 0 Å². The van der Waals surface area contributed by atoms with Gasteiger partial charge in [0.15, 0.2) is 0 Å². The van der Waals surface area contributed by atoms with Gasteiger partial charge >= 0.3 is 5.97 Å². The van der Waals surface area contributed by atoms with Crippen LogP contribution in [0.25, 0.3) is 0 Å². The molecule has 1 aliphatic heterocycles. The number of nitrogens with zero attached hydrogens (tertiary/aromatic N) is 1. The predicted octanol–water partition coefficient (Wildman–Crippen LogP) is 4.98. The standard InChI is InChI=1S/C29H37FN2O5/c1-3-8-21(14-15-22(29(35)36)19-20-12-16-23(30)17-13-20)28(34)32(24-9-4-5-11-26(24)37-2)25-10-6-7-18-31-27(25)33/h4-5,9,11-13,16-17,21-22,25H,3,6-8,10,14-15,18-19H2,1-2H3,(H,31,33)(H,35,36)/t21-,22+,25?/m0/s1. The second kappa shape index (κ2) is 13.8. The van der Waals surface area contributed by atoms with Gasteiger partial charge in [-0.15, -0.1) is 0 Å².